The number of esters is 1. The molecule has 52 heavy (non-hydrogen) atoms. The predicted octanol–water partition coefficient (Wildman–Crippen LogP) is 4.18. The Morgan fingerprint density at radius 1 is 1.00 bits per heavy atom. The zero-order valence-corrected chi connectivity index (χ0v) is 30.5. The molecular formula is C39H50N6O7. The summed E-state index contributed by atoms with van der Waals surface area (Å²) >= 11 is 0. The van der Waals surface area contributed by atoms with Gasteiger partial charge in [-0.1, -0.05) is 30.3 Å². The Labute approximate surface area is 305 Å². The Hall–Kier alpha value is -5.33. The predicted molar refractivity (Wildman–Crippen MR) is 198 cm³/mol. The second-order valence-corrected chi connectivity index (χ2v) is 13.3. The smallest absolute Gasteiger partial charge is 0.410 e. The van der Waals surface area contributed by atoms with Crippen LogP contribution in [0, 0.1) is 13.8 Å². The van der Waals surface area contributed by atoms with E-state index in [0.29, 0.717) is 87.6 Å². The second-order valence-electron chi connectivity index (χ2n) is 13.3. The maximum Gasteiger partial charge on any atom is 0.410 e. The normalized spacial score (nSPS) is 15.5. The van der Waals surface area contributed by atoms with Crippen LogP contribution in [0.25, 0.3) is 0 Å². The third-order valence-corrected chi connectivity index (χ3v) is 9.92. The van der Waals surface area contributed by atoms with E-state index >= 15 is 0 Å². The van der Waals surface area contributed by atoms with E-state index in [2.05, 4.69) is 16.4 Å². The van der Waals surface area contributed by atoms with Crippen molar-refractivity contribution >= 4 is 35.9 Å². The molecule has 0 aliphatic carbocycles. The number of carbonyl (C=O) groups excluding carboxylic acids is 4. The van der Waals surface area contributed by atoms with Crippen LogP contribution in [0.5, 0.6) is 5.75 Å². The van der Waals surface area contributed by atoms with Crippen LogP contribution < -0.4 is 10.2 Å². The number of likely N-dealkylation sites (tertiary alicyclic amines) is 1. The largest absolute Gasteiger partial charge is 0.507 e. The number of aromatic nitrogens is 1. The fourth-order valence-corrected chi connectivity index (χ4v) is 6.95. The van der Waals surface area contributed by atoms with Gasteiger partial charge in [0.25, 0.3) is 5.91 Å². The number of ether oxygens (including phenoxy) is 2. The molecule has 3 aromatic rings. The summed E-state index contributed by atoms with van der Waals surface area (Å²) in [5.74, 6) is 0.177. The van der Waals surface area contributed by atoms with Gasteiger partial charge in [-0.15, -0.1) is 0 Å². The molecule has 0 bridgehead atoms. The molecule has 0 saturated carbocycles. The first-order valence-corrected chi connectivity index (χ1v) is 18.0. The van der Waals surface area contributed by atoms with Crippen LogP contribution in [0.15, 0.2) is 54.7 Å². The van der Waals surface area contributed by atoms with E-state index in [0.717, 1.165) is 23.2 Å². The standard InChI is InChI=1S/C39H50N6O7/c1-5-51-38(49)31-10-11-35(41-25-31)42-18-20-43(21-19-42)37(48)34(24-29-22-27(2)36(47)28(3)23-29)52-39(50)44-16-13-32(14-17-44)45(26-46)15-12-30-8-6-7-9-33(30)40-4/h6-11,22-23,25-26,32,34,40,47H,5,12-21,24H2,1-4H3/t34-/m1/s1. The Bertz CT molecular complexity index is 1680. The fourth-order valence-electron chi connectivity index (χ4n) is 6.95. The number of para-hydroxylation sites is 1. The van der Waals surface area contributed by atoms with Gasteiger partial charge in [-0.05, 0) is 80.5 Å². The quantitative estimate of drug-likeness (QED) is 0.195. The van der Waals surface area contributed by atoms with E-state index in [9.17, 15) is 24.3 Å². The minimum atomic E-state index is -1.07. The molecule has 2 aliphatic rings. The van der Waals surface area contributed by atoms with Crippen molar-refractivity contribution < 1.29 is 33.8 Å². The van der Waals surface area contributed by atoms with Crippen LogP contribution in [0.3, 0.4) is 0 Å². The molecule has 0 unspecified atom stereocenters. The van der Waals surface area contributed by atoms with Crippen LogP contribution in [0.1, 0.15) is 52.4 Å². The first kappa shape index (κ1) is 37.9. The molecule has 13 heteroatoms. The van der Waals surface area contributed by atoms with Crippen molar-refractivity contribution in [1.82, 2.24) is 19.7 Å². The number of anilines is 2. The number of hydrogen-bond acceptors (Lipinski definition) is 10. The number of aryl methyl sites for hydroxylation is 2. The Balaban J connectivity index is 1.21. The van der Waals surface area contributed by atoms with E-state index in [4.69, 9.17) is 9.47 Å². The van der Waals surface area contributed by atoms with Crippen LogP contribution in [-0.2, 0) is 31.9 Å². The van der Waals surface area contributed by atoms with Crippen molar-refractivity contribution in [3.8, 4) is 5.75 Å². The average Bonchev–Trinajstić information content (AvgIpc) is 3.17. The summed E-state index contributed by atoms with van der Waals surface area (Å²) in [5.41, 5.74) is 4.69. The van der Waals surface area contributed by atoms with Crippen LogP contribution in [0.4, 0.5) is 16.3 Å². The summed E-state index contributed by atoms with van der Waals surface area (Å²) in [6.45, 7) is 8.82. The lowest BCUT2D eigenvalue weighted by molar-refractivity contribution is -0.141. The minimum absolute atomic E-state index is 0.00387. The average molecular weight is 715 g/mol. The summed E-state index contributed by atoms with van der Waals surface area (Å²) in [6, 6.07) is 15.1. The number of piperidine rings is 1. The van der Waals surface area contributed by atoms with Crippen molar-refractivity contribution in [1.29, 1.82) is 0 Å². The fraction of sp³-hybridized carbons (Fsp3) is 0.462. The molecule has 2 N–H and O–H groups in total. The van der Waals surface area contributed by atoms with Gasteiger partial charge in [-0.25, -0.2) is 14.6 Å². The number of nitrogens with zero attached hydrogens (tertiary/aromatic N) is 5. The number of phenolic OH excluding ortho intramolecular Hbond substituents is 1. The van der Waals surface area contributed by atoms with Gasteiger partial charge in [-0.3, -0.25) is 9.59 Å². The van der Waals surface area contributed by atoms with Crippen molar-refractivity contribution in [2.75, 3.05) is 69.7 Å². The maximum absolute atomic E-state index is 14.0. The van der Waals surface area contributed by atoms with E-state index in [1.165, 1.54) is 6.20 Å². The number of piperazine rings is 1. The summed E-state index contributed by atoms with van der Waals surface area (Å²) in [6.07, 6.45) is 2.84. The Morgan fingerprint density at radius 3 is 2.31 bits per heavy atom. The highest BCUT2D eigenvalue weighted by atomic mass is 16.6. The summed E-state index contributed by atoms with van der Waals surface area (Å²) < 4.78 is 11.1. The Morgan fingerprint density at radius 2 is 1.69 bits per heavy atom. The highest BCUT2D eigenvalue weighted by molar-refractivity contribution is 5.89. The highest BCUT2D eigenvalue weighted by Gasteiger charge is 2.34. The SMILES string of the molecule is CCOC(=O)c1ccc(N2CCN(C(=O)[C@@H](Cc3cc(C)c(O)c(C)c3)OC(=O)N3CCC(N(C=O)CCc4ccccc4NC)CC3)CC2)nc1. The number of rotatable bonds is 13. The van der Waals surface area contributed by atoms with Crippen molar-refractivity contribution in [2.45, 2.75) is 58.6 Å². The first-order valence-electron chi connectivity index (χ1n) is 18.0. The number of hydrogen-bond donors (Lipinski definition) is 2. The molecule has 1 atom stereocenters. The van der Waals surface area contributed by atoms with Crippen molar-refractivity contribution in [2.24, 2.45) is 0 Å². The third-order valence-electron chi connectivity index (χ3n) is 9.92. The van der Waals surface area contributed by atoms with Gasteiger partial charge in [0, 0.05) is 77.2 Å². The molecule has 13 nitrogen and oxygen atoms in total. The molecule has 2 fully saturated rings. The topological polar surface area (TPSA) is 145 Å². The lowest BCUT2D eigenvalue weighted by Gasteiger charge is -2.38. The molecule has 5 rings (SSSR count). The summed E-state index contributed by atoms with van der Waals surface area (Å²) in [4.78, 5) is 63.4. The lowest BCUT2D eigenvalue weighted by Crippen LogP contribution is -2.53. The minimum Gasteiger partial charge on any atom is -0.507 e. The van der Waals surface area contributed by atoms with Gasteiger partial charge in [0.15, 0.2) is 6.10 Å². The van der Waals surface area contributed by atoms with Crippen molar-refractivity contribution in [3.63, 3.8) is 0 Å². The van der Waals surface area contributed by atoms with Gasteiger partial charge in [0.2, 0.25) is 6.41 Å². The number of carbonyl (C=O) groups is 4. The molecule has 3 amide bonds. The molecular weight excluding hydrogens is 664 g/mol. The van der Waals surface area contributed by atoms with Crippen LogP contribution in [-0.4, -0.2) is 121 Å². The van der Waals surface area contributed by atoms with Gasteiger partial charge in [0.05, 0.1) is 12.2 Å². The number of aromatic hydroxyl groups is 1. The monoisotopic (exact) mass is 714 g/mol. The second kappa shape index (κ2) is 17.7. The van der Waals surface area contributed by atoms with Gasteiger partial charge in [-0.2, -0.15) is 0 Å². The number of pyridine rings is 1. The number of phenols is 1. The molecule has 2 aromatic carbocycles. The van der Waals surface area contributed by atoms with Crippen LogP contribution >= 0.6 is 0 Å². The molecule has 2 saturated heterocycles. The Kier molecular flexibility index (Phi) is 12.9. The van der Waals surface area contributed by atoms with Gasteiger partial charge in [0.1, 0.15) is 11.6 Å². The van der Waals surface area contributed by atoms with E-state index < -0.39 is 18.2 Å². The number of amides is 3. The highest BCUT2D eigenvalue weighted by Crippen LogP contribution is 2.26. The van der Waals surface area contributed by atoms with Crippen LogP contribution in [0.2, 0.25) is 0 Å². The van der Waals surface area contributed by atoms with Gasteiger partial charge >= 0.3 is 12.1 Å². The van der Waals surface area contributed by atoms with E-state index in [1.54, 1.807) is 42.7 Å². The van der Waals surface area contributed by atoms with E-state index in [1.807, 2.05) is 47.2 Å². The third kappa shape index (κ3) is 9.31. The van der Waals surface area contributed by atoms with Gasteiger partial charge < -0.3 is 39.5 Å². The molecule has 3 heterocycles. The molecule has 278 valence electrons. The number of nitrogens with one attached hydrogen (secondary N) is 1. The zero-order chi connectivity index (χ0) is 37.2. The lowest BCUT2D eigenvalue weighted by atomic mass is 10.0. The van der Waals surface area contributed by atoms with E-state index in [-0.39, 0.29) is 30.7 Å². The molecule has 2 aliphatic heterocycles. The maximum atomic E-state index is 14.0. The molecule has 1 aromatic heterocycles. The zero-order valence-electron chi connectivity index (χ0n) is 30.5. The van der Waals surface area contributed by atoms with Crippen molar-refractivity contribution in [3.05, 3.63) is 82.5 Å². The molecule has 0 spiro atoms. The first-order chi connectivity index (χ1) is 25.1. The summed E-state index contributed by atoms with van der Waals surface area (Å²) in [5, 5.41) is 13.5. The summed E-state index contributed by atoms with van der Waals surface area (Å²) in [7, 11) is 1.88. The molecule has 0 radical (unpaired) electrons. The number of benzene rings is 2.